The second-order valence-electron chi connectivity index (χ2n) is 8.80. The summed E-state index contributed by atoms with van der Waals surface area (Å²) in [5, 5.41) is 9.87. The Hall–Kier alpha value is -2.78. The van der Waals surface area contributed by atoms with E-state index in [-0.39, 0.29) is 18.1 Å². The number of hydrogen-bond acceptors (Lipinski definition) is 6. The van der Waals surface area contributed by atoms with Crippen LogP contribution in [0.5, 0.6) is 0 Å². The van der Waals surface area contributed by atoms with E-state index in [2.05, 4.69) is 44.7 Å². The van der Waals surface area contributed by atoms with E-state index in [0.717, 1.165) is 30.8 Å². The van der Waals surface area contributed by atoms with Gasteiger partial charge in [0.1, 0.15) is 17.4 Å². The number of carbonyl (C=O) groups excluding carboxylic acids is 1. The summed E-state index contributed by atoms with van der Waals surface area (Å²) < 4.78 is 10.8. The van der Waals surface area contributed by atoms with Gasteiger partial charge in [0, 0.05) is 19.6 Å². The van der Waals surface area contributed by atoms with Crippen LogP contribution in [0.4, 0.5) is 0 Å². The van der Waals surface area contributed by atoms with E-state index in [4.69, 9.17) is 15.2 Å². The van der Waals surface area contributed by atoms with Crippen LogP contribution in [0.1, 0.15) is 58.6 Å². The standard InChI is InChI=1S/C25H35N3O3/c1-7-30-25(29)22-18(6)31-24(27)21(12-26)23(22)20-11-9-8-10-19(20)15-28(13-16(2)3)14-17(4)5/h8-11,16-17,23H,7,13-15,27H2,1-6H3. The van der Waals surface area contributed by atoms with Crippen molar-refractivity contribution in [2.45, 2.75) is 54.0 Å². The molecule has 2 rings (SSSR count). The van der Waals surface area contributed by atoms with Gasteiger partial charge in [-0.1, -0.05) is 52.0 Å². The van der Waals surface area contributed by atoms with Crippen molar-refractivity contribution in [1.29, 1.82) is 5.26 Å². The van der Waals surface area contributed by atoms with Gasteiger partial charge in [0.25, 0.3) is 0 Å². The molecule has 6 heteroatoms. The Morgan fingerprint density at radius 3 is 2.39 bits per heavy atom. The number of esters is 1. The summed E-state index contributed by atoms with van der Waals surface area (Å²) in [4.78, 5) is 15.3. The molecule has 0 fully saturated rings. The van der Waals surface area contributed by atoms with E-state index in [1.165, 1.54) is 0 Å². The quantitative estimate of drug-likeness (QED) is 0.588. The van der Waals surface area contributed by atoms with E-state index < -0.39 is 11.9 Å². The maximum atomic E-state index is 12.8. The number of benzene rings is 1. The average Bonchev–Trinajstić information content (AvgIpc) is 2.67. The van der Waals surface area contributed by atoms with E-state index in [1.54, 1.807) is 13.8 Å². The largest absolute Gasteiger partial charge is 0.463 e. The minimum Gasteiger partial charge on any atom is -0.463 e. The normalized spacial score (nSPS) is 16.7. The van der Waals surface area contributed by atoms with Crippen molar-refractivity contribution in [3.63, 3.8) is 0 Å². The number of rotatable bonds is 9. The molecule has 1 unspecified atom stereocenters. The highest BCUT2D eigenvalue weighted by Gasteiger charge is 2.37. The molecule has 1 aliphatic heterocycles. The molecule has 0 aromatic heterocycles. The zero-order valence-corrected chi connectivity index (χ0v) is 19.6. The van der Waals surface area contributed by atoms with Gasteiger partial charge in [0.15, 0.2) is 0 Å². The summed E-state index contributed by atoms with van der Waals surface area (Å²) >= 11 is 0. The Bertz CT molecular complexity index is 884. The topological polar surface area (TPSA) is 88.6 Å². The zero-order valence-electron chi connectivity index (χ0n) is 19.6. The van der Waals surface area contributed by atoms with Gasteiger partial charge in [-0.25, -0.2) is 4.79 Å². The SMILES string of the molecule is CCOC(=O)C1=C(C)OC(N)=C(C#N)C1c1ccccc1CN(CC(C)C)CC(C)C. The number of carbonyl (C=O) groups is 1. The highest BCUT2D eigenvalue weighted by Crippen LogP contribution is 2.41. The molecule has 0 aliphatic carbocycles. The predicted octanol–water partition coefficient (Wildman–Crippen LogP) is 4.45. The minimum atomic E-state index is -0.617. The molecular weight excluding hydrogens is 390 g/mol. The second kappa shape index (κ2) is 11.0. The number of ether oxygens (including phenoxy) is 2. The predicted molar refractivity (Wildman–Crippen MR) is 121 cm³/mol. The smallest absolute Gasteiger partial charge is 0.338 e. The van der Waals surface area contributed by atoms with Crippen molar-refractivity contribution < 1.29 is 14.3 Å². The Balaban J connectivity index is 2.57. The Labute approximate surface area is 186 Å². The molecule has 168 valence electrons. The molecule has 0 radical (unpaired) electrons. The first kappa shape index (κ1) is 24.5. The molecule has 0 amide bonds. The molecular formula is C25H35N3O3. The molecule has 0 spiro atoms. The number of hydrogen-bond donors (Lipinski definition) is 1. The maximum absolute atomic E-state index is 12.8. The van der Waals surface area contributed by atoms with Crippen LogP contribution >= 0.6 is 0 Å². The van der Waals surface area contributed by atoms with Gasteiger partial charge in [-0.15, -0.1) is 0 Å². The van der Waals surface area contributed by atoms with Gasteiger partial charge in [0.2, 0.25) is 5.88 Å². The second-order valence-corrected chi connectivity index (χ2v) is 8.80. The van der Waals surface area contributed by atoms with Crippen molar-refractivity contribution in [1.82, 2.24) is 4.90 Å². The fourth-order valence-electron chi connectivity index (χ4n) is 4.10. The van der Waals surface area contributed by atoms with Gasteiger partial charge in [0.05, 0.1) is 18.1 Å². The van der Waals surface area contributed by atoms with Gasteiger partial charge in [-0.05, 0) is 36.8 Å². The van der Waals surface area contributed by atoms with Crippen molar-refractivity contribution in [3.8, 4) is 6.07 Å². The van der Waals surface area contributed by atoms with E-state index in [0.29, 0.717) is 23.2 Å². The monoisotopic (exact) mass is 425 g/mol. The lowest BCUT2D eigenvalue weighted by Crippen LogP contribution is -2.32. The Morgan fingerprint density at radius 2 is 1.84 bits per heavy atom. The van der Waals surface area contributed by atoms with E-state index in [9.17, 15) is 10.1 Å². The summed E-state index contributed by atoms with van der Waals surface area (Å²) in [7, 11) is 0. The van der Waals surface area contributed by atoms with Crippen molar-refractivity contribution >= 4 is 5.97 Å². The summed E-state index contributed by atoms with van der Waals surface area (Å²) in [6.07, 6.45) is 0. The van der Waals surface area contributed by atoms with Crippen molar-refractivity contribution in [3.05, 3.63) is 58.2 Å². The molecule has 1 aliphatic rings. The molecule has 2 N–H and O–H groups in total. The summed E-state index contributed by atoms with van der Waals surface area (Å²) in [6, 6.07) is 10.1. The van der Waals surface area contributed by atoms with Gasteiger partial charge < -0.3 is 15.2 Å². The number of nitrogens with zero attached hydrogens (tertiary/aromatic N) is 2. The molecule has 1 aromatic rings. The average molecular weight is 426 g/mol. The van der Waals surface area contributed by atoms with Crippen LogP contribution in [0.25, 0.3) is 0 Å². The fraction of sp³-hybridized carbons (Fsp3) is 0.520. The van der Waals surface area contributed by atoms with Crippen LogP contribution in [0.2, 0.25) is 0 Å². The van der Waals surface area contributed by atoms with Crippen molar-refractivity contribution in [2.75, 3.05) is 19.7 Å². The number of nitrogens with two attached hydrogens (primary N) is 1. The first-order chi connectivity index (χ1) is 14.7. The molecule has 1 aromatic carbocycles. The van der Waals surface area contributed by atoms with E-state index >= 15 is 0 Å². The van der Waals surface area contributed by atoms with Crippen LogP contribution in [0.15, 0.2) is 47.1 Å². The highest BCUT2D eigenvalue weighted by molar-refractivity contribution is 5.92. The zero-order chi connectivity index (χ0) is 23.1. The molecule has 0 bridgehead atoms. The summed E-state index contributed by atoms with van der Waals surface area (Å²) in [5.74, 6) is 0.355. The van der Waals surface area contributed by atoms with Crippen LogP contribution < -0.4 is 5.73 Å². The molecule has 6 nitrogen and oxygen atoms in total. The van der Waals surface area contributed by atoms with Gasteiger partial charge in [-0.3, -0.25) is 4.90 Å². The number of allylic oxidation sites excluding steroid dienone is 2. The van der Waals surface area contributed by atoms with Gasteiger partial charge >= 0.3 is 5.97 Å². The third-order valence-corrected chi connectivity index (χ3v) is 5.11. The fourth-order valence-corrected chi connectivity index (χ4v) is 4.10. The van der Waals surface area contributed by atoms with Crippen molar-refractivity contribution in [2.24, 2.45) is 17.6 Å². The van der Waals surface area contributed by atoms with Crippen LogP contribution in [-0.2, 0) is 20.8 Å². The first-order valence-electron chi connectivity index (χ1n) is 10.9. The summed E-state index contributed by atoms with van der Waals surface area (Å²) in [5.41, 5.74) is 8.58. The molecule has 31 heavy (non-hydrogen) atoms. The lowest BCUT2D eigenvalue weighted by Gasteiger charge is -2.31. The van der Waals surface area contributed by atoms with Gasteiger partial charge in [-0.2, -0.15) is 5.26 Å². The first-order valence-corrected chi connectivity index (χ1v) is 10.9. The van der Waals surface area contributed by atoms with Crippen LogP contribution in [0.3, 0.4) is 0 Å². The third-order valence-electron chi connectivity index (χ3n) is 5.11. The maximum Gasteiger partial charge on any atom is 0.338 e. The Morgan fingerprint density at radius 1 is 1.23 bits per heavy atom. The molecule has 1 atom stereocenters. The number of nitriles is 1. The minimum absolute atomic E-state index is 0.0362. The van der Waals surface area contributed by atoms with Crippen LogP contribution in [-0.4, -0.2) is 30.6 Å². The van der Waals surface area contributed by atoms with Crippen LogP contribution in [0, 0.1) is 23.2 Å². The lowest BCUT2D eigenvalue weighted by molar-refractivity contribution is -0.139. The third kappa shape index (κ3) is 6.11. The lowest BCUT2D eigenvalue weighted by atomic mass is 9.81. The molecule has 1 heterocycles. The highest BCUT2D eigenvalue weighted by atomic mass is 16.5. The summed E-state index contributed by atoms with van der Waals surface area (Å²) in [6.45, 7) is 15.2. The molecule has 0 saturated carbocycles. The van der Waals surface area contributed by atoms with E-state index in [1.807, 2.05) is 18.2 Å². The Kier molecular flexibility index (Phi) is 8.70. The molecule has 0 saturated heterocycles.